The first kappa shape index (κ1) is 20.1. The van der Waals surface area contributed by atoms with E-state index in [1.807, 2.05) is 42.2 Å². The smallest absolute Gasteiger partial charge is 0.260 e. The van der Waals surface area contributed by atoms with E-state index in [1.165, 1.54) is 12.1 Å². The number of ether oxygens (including phenoxy) is 2. The molecular formula is C22H27FN2O3. The highest BCUT2D eigenvalue weighted by Gasteiger charge is 2.32. The van der Waals surface area contributed by atoms with Gasteiger partial charge in [0.25, 0.3) is 5.91 Å². The van der Waals surface area contributed by atoms with Gasteiger partial charge in [0, 0.05) is 37.8 Å². The standard InChI is InChI=1S/C22H27FN2O3/c1-16-13-25(22(26)15-28-21-6-4-5-20(11-21)27-3)17(2)12-24(16)14-18-7-9-19(23)10-8-18/h4-11,16-17H,12-15H2,1-3H3/t16?,17-/m0/s1. The van der Waals surface area contributed by atoms with Crippen molar-refractivity contribution < 1.29 is 18.7 Å². The molecule has 1 aliphatic heterocycles. The van der Waals surface area contributed by atoms with Crippen LogP contribution in [0.4, 0.5) is 4.39 Å². The number of hydrogen-bond acceptors (Lipinski definition) is 4. The Hall–Kier alpha value is -2.60. The zero-order valence-electron chi connectivity index (χ0n) is 16.6. The van der Waals surface area contributed by atoms with E-state index in [4.69, 9.17) is 9.47 Å². The molecule has 1 fully saturated rings. The summed E-state index contributed by atoms with van der Waals surface area (Å²) in [6.07, 6.45) is 0. The van der Waals surface area contributed by atoms with Gasteiger partial charge in [-0.05, 0) is 43.7 Å². The zero-order chi connectivity index (χ0) is 20.1. The second-order valence-electron chi connectivity index (χ2n) is 7.27. The summed E-state index contributed by atoms with van der Waals surface area (Å²) in [5, 5.41) is 0. The van der Waals surface area contributed by atoms with Crippen molar-refractivity contribution in [1.29, 1.82) is 0 Å². The lowest BCUT2D eigenvalue weighted by Crippen LogP contribution is -2.58. The van der Waals surface area contributed by atoms with Crippen LogP contribution in [0.5, 0.6) is 11.5 Å². The van der Waals surface area contributed by atoms with Gasteiger partial charge < -0.3 is 14.4 Å². The molecule has 2 atom stereocenters. The molecule has 150 valence electrons. The Morgan fingerprint density at radius 2 is 1.79 bits per heavy atom. The second kappa shape index (κ2) is 9.06. The van der Waals surface area contributed by atoms with Gasteiger partial charge in [-0.2, -0.15) is 0 Å². The van der Waals surface area contributed by atoms with Crippen molar-refractivity contribution in [1.82, 2.24) is 9.80 Å². The number of hydrogen-bond donors (Lipinski definition) is 0. The quantitative estimate of drug-likeness (QED) is 0.764. The predicted octanol–water partition coefficient (Wildman–Crippen LogP) is 3.33. The largest absolute Gasteiger partial charge is 0.497 e. The van der Waals surface area contributed by atoms with Crippen LogP contribution in [-0.4, -0.2) is 54.6 Å². The summed E-state index contributed by atoms with van der Waals surface area (Å²) in [5.41, 5.74) is 1.07. The van der Waals surface area contributed by atoms with E-state index in [1.54, 1.807) is 13.2 Å². The fourth-order valence-corrected chi connectivity index (χ4v) is 3.51. The van der Waals surface area contributed by atoms with Crippen LogP contribution in [0.3, 0.4) is 0 Å². The Kier molecular flexibility index (Phi) is 6.52. The summed E-state index contributed by atoms with van der Waals surface area (Å²) in [4.78, 5) is 16.9. The van der Waals surface area contributed by atoms with Crippen molar-refractivity contribution in [3.8, 4) is 11.5 Å². The van der Waals surface area contributed by atoms with Crippen LogP contribution < -0.4 is 9.47 Å². The number of carbonyl (C=O) groups is 1. The summed E-state index contributed by atoms with van der Waals surface area (Å²) >= 11 is 0. The van der Waals surface area contributed by atoms with E-state index >= 15 is 0 Å². The molecule has 0 radical (unpaired) electrons. The van der Waals surface area contributed by atoms with Crippen LogP contribution in [0.25, 0.3) is 0 Å². The van der Waals surface area contributed by atoms with Crippen molar-refractivity contribution in [2.24, 2.45) is 0 Å². The first-order valence-electron chi connectivity index (χ1n) is 9.51. The molecule has 0 bridgehead atoms. The molecule has 1 heterocycles. The van der Waals surface area contributed by atoms with Crippen molar-refractivity contribution in [3.05, 3.63) is 59.9 Å². The van der Waals surface area contributed by atoms with Crippen molar-refractivity contribution in [2.75, 3.05) is 26.8 Å². The number of amides is 1. The summed E-state index contributed by atoms with van der Waals surface area (Å²) in [6.45, 7) is 6.31. The van der Waals surface area contributed by atoms with E-state index in [9.17, 15) is 9.18 Å². The zero-order valence-corrected chi connectivity index (χ0v) is 16.6. The molecular weight excluding hydrogens is 359 g/mol. The van der Waals surface area contributed by atoms with Gasteiger partial charge in [0.15, 0.2) is 6.61 Å². The molecule has 6 heteroatoms. The van der Waals surface area contributed by atoms with Crippen molar-refractivity contribution >= 4 is 5.91 Å². The highest BCUT2D eigenvalue weighted by Crippen LogP contribution is 2.21. The Morgan fingerprint density at radius 3 is 2.50 bits per heavy atom. The lowest BCUT2D eigenvalue weighted by atomic mass is 10.1. The molecule has 0 aromatic heterocycles. The number of benzene rings is 2. The fourth-order valence-electron chi connectivity index (χ4n) is 3.51. The van der Waals surface area contributed by atoms with E-state index in [-0.39, 0.29) is 30.4 Å². The Morgan fingerprint density at radius 1 is 1.07 bits per heavy atom. The highest BCUT2D eigenvalue weighted by molar-refractivity contribution is 5.78. The summed E-state index contributed by atoms with van der Waals surface area (Å²) in [7, 11) is 1.60. The fraction of sp³-hybridized carbons (Fsp3) is 0.409. The first-order valence-corrected chi connectivity index (χ1v) is 9.51. The van der Waals surface area contributed by atoms with Crippen LogP contribution in [0.15, 0.2) is 48.5 Å². The summed E-state index contributed by atoms with van der Waals surface area (Å²) in [5.74, 6) is 1.06. The maximum absolute atomic E-state index is 13.1. The van der Waals surface area contributed by atoms with Crippen LogP contribution in [0, 0.1) is 5.82 Å². The minimum absolute atomic E-state index is 0.00217. The highest BCUT2D eigenvalue weighted by atomic mass is 19.1. The predicted molar refractivity (Wildman–Crippen MR) is 106 cm³/mol. The molecule has 1 saturated heterocycles. The number of methoxy groups -OCH3 is 1. The first-order chi connectivity index (χ1) is 13.5. The van der Waals surface area contributed by atoms with Gasteiger partial charge in [0.1, 0.15) is 17.3 Å². The van der Waals surface area contributed by atoms with Crippen LogP contribution >= 0.6 is 0 Å². The average molecular weight is 386 g/mol. The topological polar surface area (TPSA) is 42.0 Å². The average Bonchev–Trinajstić information content (AvgIpc) is 2.70. The SMILES string of the molecule is COc1cccc(OCC(=O)N2CC(C)N(Cc3ccc(F)cc3)C[C@@H]2C)c1. The molecule has 2 aromatic rings. The van der Waals surface area contributed by atoms with Crippen LogP contribution in [-0.2, 0) is 11.3 Å². The van der Waals surface area contributed by atoms with Gasteiger partial charge >= 0.3 is 0 Å². The van der Waals surface area contributed by atoms with E-state index < -0.39 is 0 Å². The van der Waals surface area contributed by atoms with Gasteiger partial charge in [-0.3, -0.25) is 9.69 Å². The van der Waals surface area contributed by atoms with Crippen LogP contribution in [0.2, 0.25) is 0 Å². The van der Waals surface area contributed by atoms with Crippen molar-refractivity contribution in [3.63, 3.8) is 0 Å². The molecule has 0 aliphatic carbocycles. The Labute approximate surface area is 165 Å². The third-order valence-electron chi connectivity index (χ3n) is 5.14. The lowest BCUT2D eigenvalue weighted by Gasteiger charge is -2.44. The molecule has 1 unspecified atom stereocenters. The lowest BCUT2D eigenvalue weighted by molar-refractivity contribution is -0.139. The normalized spacial score (nSPS) is 20.1. The van der Waals surface area contributed by atoms with Crippen LogP contribution in [0.1, 0.15) is 19.4 Å². The maximum Gasteiger partial charge on any atom is 0.260 e. The molecule has 1 amide bonds. The van der Waals surface area contributed by atoms with E-state index in [0.717, 1.165) is 18.7 Å². The van der Waals surface area contributed by atoms with Crippen molar-refractivity contribution in [2.45, 2.75) is 32.5 Å². The molecule has 0 N–H and O–H groups in total. The Balaban J connectivity index is 1.55. The third kappa shape index (κ3) is 5.01. The molecule has 5 nitrogen and oxygen atoms in total. The monoisotopic (exact) mass is 386 g/mol. The summed E-state index contributed by atoms with van der Waals surface area (Å²) < 4.78 is 23.9. The third-order valence-corrected chi connectivity index (χ3v) is 5.14. The van der Waals surface area contributed by atoms with Gasteiger partial charge in [0.05, 0.1) is 7.11 Å². The number of rotatable bonds is 6. The van der Waals surface area contributed by atoms with Gasteiger partial charge in [-0.25, -0.2) is 4.39 Å². The number of nitrogens with zero attached hydrogens (tertiary/aromatic N) is 2. The molecule has 3 rings (SSSR count). The van der Waals surface area contributed by atoms with Gasteiger partial charge in [-0.1, -0.05) is 18.2 Å². The number of halogens is 1. The molecule has 1 aliphatic rings. The molecule has 2 aromatic carbocycles. The molecule has 28 heavy (non-hydrogen) atoms. The summed E-state index contributed by atoms with van der Waals surface area (Å²) in [6, 6.07) is 14.1. The second-order valence-corrected chi connectivity index (χ2v) is 7.27. The minimum Gasteiger partial charge on any atom is -0.497 e. The minimum atomic E-state index is -0.225. The van der Waals surface area contributed by atoms with Gasteiger partial charge in [-0.15, -0.1) is 0 Å². The molecule has 0 saturated carbocycles. The van der Waals surface area contributed by atoms with Gasteiger partial charge in [0.2, 0.25) is 0 Å². The van der Waals surface area contributed by atoms with E-state index in [0.29, 0.717) is 18.0 Å². The van der Waals surface area contributed by atoms with E-state index in [2.05, 4.69) is 11.8 Å². The number of carbonyl (C=O) groups excluding carboxylic acids is 1. The molecule has 0 spiro atoms. The number of piperazine rings is 1. The maximum atomic E-state index is 13.1. The Bertz CT molecular complexity index is 797.